The van der Waals surface area contributed by atoms with Gasteiger partial charge in [0.1, 0.15) is 23.7 Å². The fourth-order valence-electron chi connectivity index (χ4n) is 8.28. The average Bonchev–Trinajstić information content (AvgIpc) is 3.65. The van der Waals surface area contributed by atoms with Gasteiger partial charge in [-0.1, -0.05) is 75.4 Å². The summed E-state index contributed by atoms with van der Waals surface area (Å²) >= 11 is 0. The lowest BCUT2D eigenvalue weighted by atomic mass is 9.74. The fraction of sp³-hybridized carbons (Fsp3) is 0.622. The van der Waals surface area contributed by atoms with Gasteiger partial charge in [0.15, 0.2) is 0 Å². The Hall–Kier alpha value is -3.50. The van der Waals surface area contributed by atoms with Gasteiger partial charge < -0.3 is 29.3 Å². The number of carbonyl (C=O) groups is 4. The molecule has 2 fully saturated rings. The first-order chi connectivity index (χ1) is 22.1. The van der Waals surface area contributed by atoms with E-state index in [0.717, 1.165) is 5.56 Å². The molecule has 4 aliphatic rings. The topological polar surface area (TPSA) is 117 Å². The summed E-state index contributed by atoms with van der Waals surface area (Å²) in [5.41, 5.74) is -1.35. The lowest BCUT2D eigenvalue weighted by Gasteiger charge is -2.45. The molecule has 7 atom stereocenters. The van der Waals surface area contributed by atoms with Gasteiger partial charge in [0.05, 0.1) is 18.1 Å². The van der Waals surface area contributed by atoms with Gasteiger partial charge in [0.2, 0.25) is 17.7 Å². The van der Waals surface area contributed by atoms with Crippen LogP contribution in [0.2, 0.25) is 0 Å². The van der Waals surface area contributed by atoms with Gasteiger partial charge in [0.25, 0.3) is 0 Å². The Morgan fingerprint density at radius 1 is 1.00 bits per heavy atom. The maximum Gasteiger partial charge on any atom is 0.313 e. The monoisotopic (exact) mass is 649 g/mol. The molecule has 10 heteroatoms. The number of nitrogens with zero attached hydrogens (tertiary/aromatic N) is 3. The largest absolute Gasteiger partial charge is 0.455 e. The molecule has 1 spiro atoms. The molecule has 10 nitrogen and oxygen atoms in total. The number of rotatable bonds is 6. The Bertz CT molecular complexity index is 1420. The number of amides is 3. The van der Waals surface area contributed by atoms with Crippen LogP contribution < -0.4 is 0 Å². The highest BCUT2D eigenvalue weighted by atomic mass is 16.6. The van der Waals surface area contributed by atoms with Gasteiger partial charge in [-0.3, -0.25) is 19.2 Å². The highest BCUT2D eigenvalue weighted by molar-refractivity contribution is 5.99. The van der Waals surface area contributed by atoms with Crippen LogP contribution in [-0.2, 0) is 28.7 Å². The number of hydrogen-bond donors (Lipinski definition) is 1. The zero-order valence-corrected chi connectivity index (χ0v) is 28.8. The highest BCUT2D eigenvalue weighted by Crippen LogP contribution is 2.56. The number of carbonyl (C=O) groups excluding carboxylic acids is 4. The van der Waals surface area contributed by atoms with Crippen molar-refractivity contribution in [3.05, 3.63) is 60.2 Å². The van der Waals surface area contributed by atoms with Gasteiger partial charge >= 0.3 is 5.97 Å². The second-order valence-electron chi connectivity index (χ2n) is 15.3. The molecule has 1 aromatic rings. The molecular weight excluding hydrogens is 598 g/mol. The third kappa shape index (κ3) is 6.51. The van der Waals surface area contributed by atoms with Crippen LogP contribution in [0, 0.1) is 17.3 Å². The summed E-state index contributed by atoms with van der Waals surface area (Å²) in [6, 6.07) is 7.77. The molecule has 256 valence electrons. The first kappa shape index (κ1) is 34.8. The normalized spacial score (nSPS) is 32.6. The minimum atomic E-state index is -1.35. The minimum absolute atomic E-state index is 0.0941. The summed E-state index contributed by atoms with van der Waals surface area (Å²) in [7, 11) is 1.71. The van der Waals surface area contributed by atoms with Crippen molar-refractivity contribution in [2.24, 2.45) is 17.3 Å². The van der Waals surface area contributed by atoms with E-state index in [2.05, 4.69) is 20.8 Å². The number of esters is 1. The number of aliphatic hydroxyl groups is 1. The van der Waals surface area contributed by atoms with Gasteiger partial charge in [-0.15, -0.1) is 0 Å². The molecule has 1 aromatic carbocycles. The predicted octanol–water partition coefficient (Wildman–Crippen LogP) is 4.04. The van der Waals surface area contributed by atoms with Gasteiger partial charge in [0, 0.05) is 38.7 Å². The average molecular weight is 650 g/mol. The van der Waals surface area contributed by atoms with E-state index in [1.54, 1.807) is 24.1 Å². The van der Waals surface area contributed by atoms with E-state index in [1.807, 2.05) is 68.2 Å². The molecule has 5 rings (SSSR count). The molecule has 2 saturated heterocycles. The van der Waals surface area contributed by atoms with E-state index in [0.29, 0.717) is 12.8 Å². The number of benzene rings is 1. The van der Waals surface area contributed by atoms with E-state index in [4.69, 9.17) is 9.47 Å². The number of allylic oxidation sites excluding steroid dienone is 1. The summed E-state index contributed by atoms with van der Waals surface area (Å²) in [5.74, 6) is -3.27. The Labute approximate surface area is 278 Å². The van der Waals surface area contributed by atoms with E-state index < -0.39 is 53.2 Å². The van der Waals surface area contributed by atoms with Crippen LogP contribution in [0.15, 0.2) is 54.6 Å². The van der Waals surface area contributed by atoms with Crippen molar-refractivity contribution in [2.75, 3.05) is 26.7 Å². The Balaban J connectivity index is 1.62. The van der Waals surface area contributed by atoms with E-state index in [1.165, 1.54) is 4.90 Å². The SMILES string of the molecule is C[C@@H]1[C@@H](c2ccccc2)OC(=O)[C@@H]2[C@@H]3C=C[C@]4(O3)[C@H](C(=O)N(C(C)(C)CC(C)(C)C)C/C=C\CCC(=O)N1C)N(CCCO)C(=O)[C@@H]24. The van der Waals surface area contributed by atoms with Crippen LogP contribution in [-0.4, -0.2) is 99.6 Å². The van der Waals surface area contributed by atoms with E-state index >= 15 is 0 Å². The molecule has 0 aliphatic carbocycles. The smallest absolute Gasteiger partial charge is 0.313 e. The Morgan fingerprint density at radius 3 is 2.36 bits per heavy atom. The number of ether oxygens (including phenoxy) is 2. The molecule has 3 amide bonds. The predicted molar refractivity (Wildman–Crippen MR) is 177 cm³/mol. The number of likely N-dealkylation sites (tertiary alicyclic amines) is 1. The van der Waals surface area contributed by atoms with Gasteiger partial charge in [-0.05, 0) is 51.0 Å². The number of hydrogen-bond acceptors (Lipinski definition) is 7. The van der Waals surface area contributed by atoms with Crippen LogP contribution >= 0.6 is 0 Å². The lowest BCUT2D eigenvalue weighted by molar-refractivity contribution is -0.164. The second-order valence-corrected chi connectivity index (χ2v) is 15.3. The van der Waals surface area contributed by atoms with Gasteiger partial charge in [-0.2, -0.15) is 0 Å². The Morgan fingerprint density at radius 2 is 1.70 bits per heavy atom. The maximum atomic E-state index is 15.0. The quantitative estimate of drug-likeness (QED) is 0.365. The number of aliphatic hydroxyl groups excluding tert-OH is 1. The molecule has 0 unspecified atom stereocenters. The van der Waals surface area contributed by atoms with Crippen LogP contribution in [0.25, 0.3) is 0 Å². The lowest BCUT2D eigenvalue weighted by Crippen LogP contribution is -2.60. The summed E-state index contributed by atoms with van der Waals surface area (Å²) < 4.78 is 12.9. The zero-order valence-electron chi connectivity index (χ0n) is 28.8. The molecule has 47 heavy (non-hydrogen) atoms. The second kappa shape index (κ2) is 13.2. The molecular formula is C37H51N3O7. The fourth-order valence-corrected chi connectivity index (χ4v) is 8.28. The third-order valence-electron chi connectivity index (χ3n) is 10.2. The van der Waals surface area contributed by atoms with Crippen molar-refractivity contribution in [2.45, 2.75) is 103 Å². The van der Waals surface area contributed by atoms with Crippen molar-refractivity contribution in [3.63, 3.8) is 0 Å². The maximum absolute atomic E-state index is 15.0. The Kier molecular flexibility index (Phi) is 9.77. The summed E-state index contributed by atoms with van der Waals surface area (Å²) in [6.45, 7) is 12.6. The van der Waals surface area contributed by atoms with Crippen molar-refractivity contribution >= 4 is 23.7 Å². The van der Waals surface area contributed by atoms with Crippen LogP contribution in [0.3, 0.4) is 0 Å². The molecule has 4 heterocycles. The molecule has 0 aromatic heterocycles. The first-order valence-electron chi connectivity index (χ1n) is 16.9. The summed E-state index contributed by atoms with van der Waals surface area (Å²) in [6.07, 6.45) is 7.58. The van der Waals surface area contributed by atoms with Crippen LogP contribution in [0.4, 0.5) is 0 Å². The number of fused-ring (bicyclic) bond motifs is 2. The zero-order chi connectivity index (χ0) is 34.3. The summed E-state index contributed by atoms with van der Waals surface area (Å²) in [5, 5.41) is 9.76. The van der Waals surface area contributed by atoms with Crippen molar-refractivity contribution < 1.29 is 33.8 Å². The van der Waals surface area contributed by atoms with Crippen molar-refractivity contribution in [3.8, 4) is 0 Å². The molecule has 1 N–H and O–H groups in total. The highest BCUT2D eigenvalue weighted by Gasteiger charge is 2.73. The molecule has 4 aliphatic heterocycles. The minimum Gasteiger partial charge on any atom is -0.455 e. The van der Waals surface area contributed by atoms with Gasteiger partial charge in [-0.25, -0.2) is 0 Å². The number of cyclic esters (lactones) is 1. The van der Waals surface area contributed by atoms with E-state index in [9.17, 15) is 24.3 Å². The molecule has 5 bridgehead atoms. The van der Waals surface area contributed by atoms with Crippen LogP contribution in [0.5, 0.6) is 0 Å². The van der Waals surface area contributed by atoms with Crippen molar-refractivity contribution in [1.82, 2.24) is 14.7 Å². The number of likely N-dealkylation sites (N-methyl/N-ethyl adjacent to an activating group) is 1. The first-order valence-corrected chi connectivity index (χ1v) is 16.9. The van der Waals surface area contributed by atoms with E-state index in [-0.39, 0.29) is 55.7 Å². The summed E-state index contributed by atoms with van der Waals surface area (Å²) in [4.78, 5) is 62.0. The third-order valence-corrected chi connectivity index (χ3v) is 10.2. The van der Waals surface area contributed by atoms with Crippen molar-refractivity contribution in [1.29, 1.82) is 0 Å². The standard InChI is InChI=1S/C37H51N3O7/c1-24-30(25-15-10-8-11-16-25)46-34(45)28-26-18-19-37(47-26)29(28)32(43)39(20-14-22-41)31(37)33(44)40(36(5,6)23-35(2,3)4)21-13-9-12-17-27(42)38(24)7/h8-11,13,15-16,18-19,24,26,28-31,41H,12,14,17,20-23H2,1-7H3/b13-9-/t24-,26+,28-,29-,30+,31+,37-/m1/s1. The molecule has 0 saturated carbocycles. The van der Waals surface area contributed by atoms with Crippen LogP contribution in [0.1, 0.15) is 78.9 Å². The molecule has 0 radical (unpaired) electrons.